The van der Waals surface area contributed by atoms with E-state index in [0.29, 0.717) is 23.2 Å². The Morgan fingerprint density at radius 1 is 1.05 bits per heavy atom. The number of rotatable bonds is 5. The number of aliphatic hydroxyl groups excluding tert-OH is 1. The molecule has 0 radical (unpaired) electrons. The second kappa shape index (κ2) is 9.85. The molecule has 2 spiro atoms. The van der Waals surface area contributed by atoms with Crippen LogP contribution in [0.4, 0.5) is 0 Å². The predicted octanol–water partition coefficient (Wildman–Crippen LogP) is 3.95. The monoisotopic (exact) mass is 604 g/mol. The van der Waals surface area contributed by atoms with Crippen molar-refractivity contribution in [2.75, 3.05) is 33.9 Å². The summed E-state index contributed by atoms with van der Waals surface area (Å²) in [7, 11) is 3.80. The van der Waals surface area contributed by atoms with Gasteiger partial charge in [-0.15, -0.1) is 0 Å². The number of aliphatic hydroxyl groups is 2. The SMILES string of the molecule is CO[C@@H]([C@H]1C[C@@H](C)[C@H]2[C@H](O1)[C@H](O)[C@@]1(N)[C@@H]3CC[C@H]4C(C)(C)[C@@H](O[C@H]5CN(C)CCO5)CC[C@@]45C[C@@]35CC[C@]21C)C(C)(C)O. The lowest BCUT2D eigenvalue weighted by molar-refractivity contribution is -0.244. The predicted molar refractivity (Wildman–Crippen MR) is 164 cm³/mol. The van der Waals surface area contributed by atoms with Crippen LogP contribution in [0.15, 0.2) is 0 Å². The first-order valence-corrected chi connectivity index (χ1v) is 17.4. The second-order valence-corrected chi connectivity index (χ2v) is 17.7. The minimum Gasteiger partial charge on any atom is -0.388 e. The standard InChI is InChI=1S/C35H60N2O6/c1-20-17-21(29(40-8)31(4,5)39)42-27-26(20)32(6)13-14-34-19-33(34)12-11-24(43-25-18-37(7)15-16-41-25)30(2,3)22(33)9-10-23(34)35(32,36)28(27)38/h20-29,38-39H,9-19,36H2,1-8H3/t20-,21-,22+,23-,24+,25+,26+,27+,28+,29+,32-,33-,34+,35+/m1/s1. The summed E-state index contributed by atoms with van der Waals surface area (Å²) in [6.45, 7) is 15.7. The lowest BCUT2D eigenvalue weighted by Gasteiger charge is -2.63. The van der Waals surface area contributed by atoms with Gasteiger partial charge in [0.25, 0.3) is 0 Å². The molecular weight excluding hydrogens is 544 g/mol. The van der Waals surface area contributed by atoms with Crippen molar-refractivity contribution in [3.05, 3.63) is 0 Å². The van der Waals surface area contributed by atoms with Crippen molar-refractivity contribution in [3.8, 4) is 0 Å². The molecule has 2 heterocycles. The van der Waals surface area contributed by atoms with Gasteiger partial charge >= 0.3 is 0 Å². The Labute approximate surface area is 259 Å². The van der Waals surface area contributed by atoms with Crippen LogP contribution >= 0.6 is 0 Å². The molecule has 5 aliphatic carbocycles. The highest BCUT2D eigenvalue weighted by atomic mass is 16.7. The van der Waals surface area contributed by atoms with Gasteiger partial charge in [-0.3, -0.25) is 4.90 Å². The van der Waals surface area contributed by atoms with E-state index in [4.69, 9.17) is 24.7 Å². The molecule has 0 aromatic heterocycles. The second-order valence-electron chi connectivity index (χ2n) is 17.7. The van der Waals surface area contributed by atoms with Gasteiger partial charge < -0.3 is 34.9 Å². The van der Waals surface area contributed by atoms with E-state index in [1.807, 2.05) is 0 Å². The Kier molecular flexibility index (Phi) is 7.17. The fourth-order valence-electron chi connectivity index (χ4n) is 13.3. The normalized spacial score (nSPS) is 54.9. The molecule has 0 bridgehead atoms. The largest absolute Gasteiger partial charge is 0.388 e. The molecule has 8 nitrogen and oxygen atoms in total. The van der Waals surface area contributed by atoms with E-state index in [9.17, 15) is 10.2 Å². The Balaban J connectivity index is 1.15. The highest BCUT2D eigenvalue weighted by Gasteiger charge is 2.85. The van der Waals surface area contributed by atoms with Crippen molar-refractivity contribution in [2.45, 2.75) is 141 Å². The van der Waals surface area contributed by atoms with Gasteiger partial charge in [-0.25, -0.2) is 0 Å². The fraction of sp³-hybridized carbons (Fsp3) is 1.00. The summed E-state index contributed by atoms with van der Waals surface area (Å²) in [5, 5.41) is 23.2. The Morgan fingerprint density at radius 3 is 2.42 bits per heavy atom. The molecule has 0 amide bonds. The van der Waals surface area contributed by atoms with Crippen molar-refractivity contribution >= 4 is 0 Å². The van der Waals surface area contributed by atoms with Crippen LogP contribution in [-0.2, 0) is 18.9 Å². The molecule has 246 valence electrons. The van der Waals surface area contributed by atoms with Crippen LogP contribution in [0.5, 0.6) is 0 Å². The molecule has 7 fully saturated rings. The van der Waals surface area contributed by atoms with Crippen LogP contribution in [-0.4, -0.2) is 96.9 Å². The maximum atomic E-state index is 12.4. The van der Waals surface area contributed by atoms with Crippen molar-refractivity contribution in [1.82, 2.24) is 4.90 Å². The van der Waals surface area contributed by atoms with Crippen LogP contribution in [0.3, 0.4) is 0 Å². The summed E-state index contributed by atoms with van der Waals surface area (Å²) in [6.07, 6.45) is 7.05. The molecular formula is C35H60N2O6. The number of hydrogen-bond donors (Lipinski definition) is 3. The molecule has 14 atom stereocenters. The zero-order chi connectivity index (χ0) is 31.0. The van der Waals surface area contributed by atoms with Crippen LogP contribution in [0.2, 0.25) is 0 Å². The molecule has 43 heavy (non-hydrogen) atoms. The van der Waals surface area contributed by atoms with E-state index >= 15 is 0 Å². The summed E-state index contributed by atoms with van der Waals surface area (Å²) in [5.41, 5.74) is 6.41. The summed E-state index contributed by atoms with van der Waals surface area (Å²) in [6, 6.07) is 0. The summed E-state index contributed by atoms with van der Waals surface area (Å²) < 4.78 is 25.4. The van der Waals surface area contributed by atoms with Gasteiger partial charge in [0.2, 0.25) is 0 Å². The number of ether oxygens (including phenoxy) is 4. The molecule has 0 aromatic rings. The Morgan fingerprint density at radius 2 is 1.74 bits per heavy atom. The third-order valence-electron chi connectivity index (χ3n) is 15.1. The first kappa shape index (κ1) is 31.3. The van der Waals surface area contributed by atoms with Gasteiger partial charge in [0.15, 0.2) is 6.29 Å². The Bertz CT molecular complexity index is 1100. The van der Waals surface area contributed by atoms with E-state index in [1.165, 1.54) is 19.3 Å². The fourth-order valence-corrected chi connectivity index (χ4v) is 13.3. The first-order valence-electron chi connectivity index (χ1n) is 17.4. The van der Waals surface area contributed by atoms with Gasteiger partial charge in [0.1, 0.15) is 6.10 Å². The molecule has 7 aliphatic rings. The molecule has 7 rings (SSSR count). The van der Waals surface area contributed by atoms with Gasteiger partial charge in [0, 0.05) is 20.2 Å². The number of methoxy groups -OCH3 is 1. The van der Waals surface area contributed by atoms with E-state index in [2.05, 4.69) is 39.6 Å². The van der Waals surface area contributed by atoms with E-state index in [0.717, 1.165) is 51.8 Å². The number of nitrogens with two attached hydrogens (primary N) is 1. The molecule has 5 saturated carbocycles. The summed E-state index contributed by atoms with van der Waals surface area (Å²) >= 11 is 0. The number of morpholine rings is 1. The van der Waals surface area contributed by atoms with Gasteiger partial charge in [0.05, 0.1) is 42.2 Å². The zero-order valence-corrected chi connectivity index (χ0v) is 28.1. The third kappa shape index (κ3) is 4.03. The van der Waals surface area contributed by atoms with E-state index in [1.54, 1.807) is 21.0 Å². The van der Waals surface area contributed by atoms with E-state index < -0.39 is 23.3 Å². The average Bonchev–Trinajstić information content (AvgIpc) is 3.55. The first-order chi connectivity index (χ1) is 20.1. The lowest BCUT2D eigenvalue weighted by Crippen LogP contribution is -2.70. The van der Waals surface area contributed by atoms with Crippen LogP contribution < -0.4 is 5.73 Å². The average molecular weight is 605 g/mol. The van der Waals surface area contributed by atoms with Crippen molar-refractivity contribution in [3.63, 3.8) is 0 Å². The topological polar surface area (TPSA) is 107 Å². The van der Waals surface area contributed by atoms with Gasteiger partial charge in [-0.2, -0.15) is 0 Å². The number of likely N-dealkylation sites (N-methyl/N-ethyl adjacent to an activating group) is 1. The van der Waals surface area contributed by atoms with Gasteiger partial charge in [-0.05, 0) is 118 Å². The molecule has 0 unspecified atom stereocenters. The summed E-state index contributed by atoms with van der Waals surface area (Å²) in [4.78, 5) is 2.31. The molecule has 0 aromatic carbocycles. The number of hydrogen-bond acceptors (Lipinski definition) is 8. The number of nitrogens with zero attached hydrogens (tertiary/aromatic N) is 1. The Hall–Kier alpha value is -0.320. The van der Waals surface area contributed by atoms with Crippen LogP contribution in [0.25, 0.3) is 0 Å². The summed E-state index contributed by atoms with van der Waals surface area (Å²) in [5.74, 6) is 1.40. The maximum Gasteiger partial charge on any atom is 0.170 e. The van der Waals surface area contributed by atoms with Crippen molar-refractivity contribution in [2.24, 2.45) is 51.1 Å². The van der Waals surface area contributed by atoms with E-state index in [-0.39, 0.29) is 46.8 Å². The highest BCUT2D eigenvalue weighted by Crippen LogP contribution is 2.87. The quantitative estimate of drug-likeness (QED) is 0.433. The molecule has 8 heteroatoms. The highest BCUT2D eigenvalue weighted by molar-refractivity contribution is 5.35. The van der Waals surface area contributed by atoms with Crippen molar-refractivity contribution in [1.29, 1.82) is 0 Å². The lowest BCUT2D eigenvalue weighted by atomic mass is 9.43. The minimum absolute atomic E-state index is 0.0635. The number of fused-ring (bicyclic) bond motifs is 4. The maximum absolute atomic E-state index is 12.4. The molecule has 4 N–H and O–H groups in total. The zero-order valence-electron chi connectivity index (χ0n) is 28.1. The van der Waals surface area contributed by atoms with Crippen LogP contribution in [0, 0.1) is 45.3 Å². The molecule has 2 saturated heterocycles. The van der Waals surface area contributed by atoms with Gasteiger partial charge in [-0.1, -0.05) is 27.7 Å². The smallest absolute Gasteiger partial charge is 0.170 e. The minimum atomic E-state index is -1.04. The third-order valence-corrected chi connectivity index (χ3v) is 15.1. The molecule has 2 aliphatic heterocycles. The van der Waals surface area contributed by atoms with Crippen molar-refractivity contribution < 1.29 is 29.2 Å². The van der Waals surface area contributed by atoms with Crippen LogP contribution in [0.1, 0.15) is 92.9 Å².